The number of nitrogens with zero attached hydrogens (tertiary/aromatic N) is 5. The fourth-order valence-electron chi connectivity index (χ4n) is 5.71. The van der Waals surface area contributed by atoms with Gasteiger partial charge in [0.15, 0.2) is 17.5 Å². The zero-order chi connectivity index (χ0) is 30.2. The molecule has 0 spiro atoms. The monoisotopic (exact) mass is 582 g/mol. The van der Waals surface area contributed by atoms with E-state index < -0.39 is 0 Å². The average molecular weight is 583 g/mol. The Hall–Kier alpha value is -5.70. The molecular formula is C35H30N6O3. The molecule has 5 aromatic rings. The number of fused-ring (bicyclic) bond motifs is 4. The van der Waals surface area contributed by atoms with Crippen molar-refractivity contribution < 1.29 is 14.3 Å². The number of nitrogens with one attached hydrogen (secondary N) is 1. The maximum atomic E-state index is 12.2. The van der Waals surface area contributed by atoms with Gasteiger partial charge in [0.2, 0.25) is 0 Å². The van der Waals surface area contributed by atoms with Crippen LogP contribution < -0.4 is 15.0 Å². The predicted octanol–water partition coefficient (Wildman–Crippen LogP) is 7.16. The number of para-hydroxylation sites is 3. The Kier molecular flexibility index (Phi) is 6.90. The largest absolute Gasteiger partial charge is 0.497 e. The van der Waals surface area contributed by atoms with Gasteiger partial charge in [0.25, 0.3) is 0 Å². The van der Waals surface area contributed by atoms with E-state index in [-0.39, 0.29) is 12.0 Å². The van der Waals surface area contributed by atoms with E-state index in [1.165, 1.54) is 0 Å². The molecule has 0 fully saturated rings. The van der Waals surface area contributed by atoms with Crippen LogP contribution in [0.25, 0.3) is 5.69 Å². The van der Waals surface area contributed by atoms with Gasteiger partial charge < -0.3 is 19.7 Å². The lowest BCUT2D eigenvalue weighted by Gasteiger charge is -2.40. The average Bonchev–Trinajstić information content (AvgIpc) is 3.40. The molecule has 0 bridgehead atoms. The van der Waals surface area contributed by atoms with Crippen LogP contribution in [0.2, 0.25) is 0 Å². The summed E-state index contributed by atoms with van der Waals surface area (Å²) in [6, 6.07) is 33.1. The smallest absolute Gasteiger partial charge is 0.338 e. The Morgan fingerprint density at radius 1 is 0.909 bits per heavy atom. The normalized spacial score (nSPS) is 14.9. The summed E-state index contributed by atoms with van der Waals surface area (Å²) >= 11 is 0. The van der Waals surface area contributed by atoms with Crippen molar-refractivity contribution in [3.05, 3.63) is 126 Å². The number of carbonyl (C=O) groups is 1. The third kappa shape index (κ3) is 4.68. The number of methoxy groups -OCH3 is 1. The quantitative estimate of drug-likeness (QED) is 0.214. The Bertz CT molecular complexity index is 1930. The molecule has 0 amide bonds. The molecule has 0 unspecified atom stereocenters. The lowest BCUT2D eigenvalue weighted by molar-refractivity contribution is 0.0526. The summed E-state index contributed by atoms with van der Waals surface area (Å²) < 4.78 is 12.7. The van der Waals surface area contributed by atoms with Crippen molar-refractivity contribution in [3.8, 4) is 11.4 Å². The Morgan fingerprint density at radius 3 is 2.45 bits per heavy atom. The highest BCUT2D eigenvalue weighted by molar-refractivity contribution is 6.51. The SMILES string of the molecule is CCOC(=O)c1ccc(NC2=Nc3ccccc3N3C2=Nc2c(c(C)nn2-c2ccccc2)[C@H]3c2cccc(OC)c2)cc1. The first kappa shape index (κ1) is 27.2. The van der Waals surface area contributed by atoms with Crippen LogP contribution in [0.3, 0.4) is 0 Å². The summed E-state index contributed by atoms with van der Waals surface area (Å²) in [6.45, 7) is 4.14. The van der Waals surface area contributed by atoms with E-state index >= 15 is 0 Å². The second-order valence-corrected chi connectivity index (χ2v) is 10.4. The van der Waals surface area contributed by atoms with Gasteiger partial charge in [-0.05, 0) is 80.1 Å². The van der Waals surface area contributed by atoms with E-state index in [2.05, 4.69) is 28.4 Å². The first-order chi connectivity index (χ1) is 21.6. The van der Waals surface area contributed by atoms with Gasteiger partial charge in [-0.25, -0.2) is 19.5 Å². The van der Waals surface area contributed by atoms with Crippen molar-refractivity contribution >= 4 is 40.5 Å². The highest BCUT2D eigenvalue weighted by Gasteiger charge is 2.41. The fraction of sp³-hybridized carbons (Fsp3) is 0.143. The number of carbonyl (C=O) groups excluding carboxylic acids is 1. The molecule has 2 aliphatic rings. The van der Waals surface area contributed by atoms with Crippen molar-refractivity contribution in [2.24, 2.45) is 9.98 Å². The molecule has 2 aliphatic heterocycles. The summed E-state index contributed by atoms with van der Waals surface area (Å²) in [6.07, 6.45) is 0. The standard InChI is InChI=1S/C35H30N6O3/c1-4-44-35(42)23-17-19-25(20-18-23)36-32-34-38-33-30(22(2)39-41(33)26-12-6-5-7-13-26)31(24-11-10-14-27(21-24)43-3)40(34)29-16-9-8-15-28(29)37-32/h5-21,31H,4H2,1-3H3,(H,36,37)/t31-/m1/s1. The maximum absolute atomic E-state index is 12.2. The van der Waals surface area contributed by atoms with Crippen LogP contribution in [0.4, 0.5) is 22.9 Å². The first-order valence-corrected chi connectivity index (χ1v) is 14.4. The summed E-state index contributed by atoms with van der Waals surface area (Å²) in [5, 5.41) is 8.47. The molecule has 218 valence electrons. The van der Waals surface area contributed by atoms with Gasteiger partial charge in [0.05, 0.1) is 48.1 Å². The van der Waals surface area contributed by atoms with E-state index in [0.717, 1.165) is 51.1 Å². The van der Waals surface area contributed by atoms with Crippen LogP contribution in [0.1, 0.15) is 40.1 Å². The summed E-state index contributed by atoms with van der Waals surface area (Å²) in [5.41, 5.74) is 6.80. The Balaban J connectivity index is 1.42. The molecular weight excluding hydrogens is 552 g/mol. The van der Waals surface area contributed by atoms with Crippen LogP contribution in [-0.4, -0.2) is 41.1 Å². The number of aryl methyl sites for hydroxylation is 1. The van der Waals surface area contributed by atoms with E-state index in [4.69, 9.17) is 24.6 Å². The predicted molar refractivity (Wildman–Crippen MR) is 172 cm³/mol. The lowest BCUT2D eigenvalue weighted by atomic mass is 9.93. The molecule has 1 N–H and O–H groups in total. The van der Waals surface area contributed by atoms with Crippen LogP contribution in [0, 0.1) is 6.92 Å². The number of amidine groups is 2. The Labute approximate surface area is 255 Å². The minimum absolute atomic E-state index is 0.273. The van der Waals surface area contributed by atoms with Crippen LogP contribution >= 0.6 is 0 Å². The lowest BCUT2D eigenvalue weighted by Crippen LogP contribution is -2.46. The van der Waals surface area contributed by atoms with Gasteiger partial charge in [-0.3, -0.25) is 0 Å². The molecule has 0 saturated heterocycles. The van der Waals surface area contributed by atoms with Crippen molar-refractivity contribution in [1.82, 2.24) is 9.78 Å². The van der Waals surface area contributed by atoms with Crippen LogP contribution in [0.15, 0.2) is 113 Å². The molecule has 9 nitrogen and oxygen atoms in total. The minimum atomic E-state index is -0.357. The number of benzene rings is 4. The Morgan fingerprint density at radius 2 is 1.68 bits per heavy atom. The van der Waals surface area contributed by atoms with Gasteiger partial charge in [0, 0.05) is 11.3 Å². The van der Waals surface area contributed by atoms with E-state index in [1.807, 2.05) is 84.4 Å². The highest BCUT2D eigenvalue weighted by Crippen LogP contribution is 2.48. The van der Waals surface area contributed by atoms with Crippen molar-refractivity contribution in [2.45, 2.75) is 19.9 Å². The summed E-state index contributed by atoms with van der Waals surface area (Å²) in [5.74, 6) is 2.36. The first-order valence-electron chi connectivity index (χ1n) is 14.4. The van der Waals surface area contributed by atoms with Crippen LogP contribution in [0.5, 0.6) is 5.75 Å². The van der Waals surface area contributed by atoms with Gasteiger partial charge in [-0.1, -0.05) is 42.5 Å². The number of anilines is 2. The van der Waals surface area contributed by atoms with Crippen molar-refractivity contribution in [2.75, 3.05) is 23.9 Å². The number of hydrogen-bond donors (Lipinski definition) is 1. The summed E-state index contributed by atoms with van der Waals surface area (Å²) in [4.78, 5) is 24.8. The van der Waals surface area contributed by atoms with Gasteiger partial charge in [-0.15, -0.1) is 0 Å². The number of aromatic nitrogens is 2. The fourth-order valence-corrected chi connectivity index (χ4v) is 5.71. The third-order valence-corrected chi connectivity index (χ3v) is 7.71. The molecule has 0 radical (unpaired) electrons. The number of aliphatic imine (C=N–C) groups is 2. The van der Waals surface area contributed by atoms with E-state index in [1.54, 1.807) is 26.2 Å². The van der Waals surface area contributed by atoms with Crippen molar-refractivity contribution in [1.29, 1.82) is 0 Å². The minimum Gasteiger partial charge on any atom is -0.497 e. The molecule has 0 saturated carbocycles. The third-order valence-electron chi connectivity index (χ3n) is 7.71. The van der Waals surface area contributed by atoms with E-state index in [0.29, 0.717) is 23.8 Å². The van der Waals surface area contributed by atoms with Gasteiger partial charge in [0.1, 0.15) is 5.75 Å². The zero-order valence-corrected chi connectivity index (χ0v) is 24.6. The molecule has 1 aromatic heterocycles. The van der Waals surface area contributed by atoms with Crippen LogP contribution in [-0.2, 0) is 4.74 Å². The molecule has 9 heteroatoms. The van der Waals surface area contributed by atoms with Crippen molar-refractivity contribution in [3.63, 3.8) is 0 Å². The van der Waals surface area contributed by atoms with Gasteiger partial charge >= 0.3 is 5.97 Å². The maximum Gasteiger partial charge on any atom is 0.338 e. The zero-order valence-electron chi connectivity index (χ0n) is 24.6. The molecule has 4 aromatic carbocycles. The number of rotatable bonds is 6. The summed E-state index contributed by atoms with van der Waals surface area (Å²) in [7, 11) is 1.68. The van der Waals surface area contributed by atoms with E-state index in [9.17, 15) is 4.79 Å². The molecule has 7 rings (SSSR count). The molecule has 44 heavy (non-hydrogen) atoms. The topological polar surface area (TPSA) is 93.3 Å². The number of ether oxygens (including phenoxy) is 2. The molecule has 0 aliphatic carbocycles. The second-order valence-electron chi connectivity index (χ2n) is 10.4. The van der Waals surface area contributed by atoms with Gasteiger partial charge in [-0.2, -0.15) is 5.10 Å². The number of hydrogen-bond acceptors (Lipinski definition) is 8. The number of esters is 1. The highest BCUT2D eigenvalue weighted by atomic mass is 16.5. The second kappa shape index (κ2) is 11.2. The molecule has 1 atom stereocenters. The molecule has 3 heterocycles.